The lowest BCUT2D eigenvalue weighted by Crippen LogP contribution is -1.75. The van der Waals surface area contributed by atoms with E-state index in [1.165, 1.54) is 0 Å². The van der Waals surface area contributed by atoms with E-state index in [1.807, 2.05) is 0 Å². The largest absolute Gasteiger partial charge is 0.502 e. The number of aromatic hydroxyl groups is 2. The summed E-state index contributed by atoms with van der Waals surface area (Å²) in [5.74, 6) is -0.970. The average molecular weight is 162 g/mol. The fraction of sp³-hybridized carbons (Fsp3) is 0.200. The molecule has 0 fully saturated rings. The van der Waals surface area contributed by atoms with E-state index in [2.05, 4.69) is 17.0 Å². The first kappa shape index (κ1) is 7.30. The number of hydrogen-bond donors (Lipinski definition) is 4. The van der Waals surface area contributed by atoms with Crippen molar-refractivity contribution in [1.29, 1.82) is 0 Å². The molecule has 10 heavy (non-hydrogen) atoms. The van der Waals surface area contributed by atoms with Crippen LogP contribution in [0.5, 0.6) is 11.5 Å². The molecule has 0 amide bonds. The first-order chi connectivity index (χ1) is 4.66. The van der Waals surface area contributed by atoms with Crippen molar-refractivity contribution in [2.45, 2.75) is 11.7 Å². The third kappa shape index (κ3) is 0.932. The molecule has 0 saturated carbocycles. The molecule has 1 aromatic rings. The van der Waals surface area contributed by atoms with Crippen molar-refractivity contribution < 1.29 is 19.7 Å². The third-order valence-corrected chi connectivity index (χ3v) is 1.36. The Morgan fingerprint density at radius 3 is 2.10 bits per heavy atom. The predicted molar refractivity (Wildman–Crippen MR) is 35.2 cm³/mol. The molecule has 0 aliphatic heterocycles. The fourth-order valence-electron chi connectivity index (χ4n) is 0.554. The lowest BCUT2D eigenvalue weighted by Gasteiger charge is -1.86. The Balaban J connectivity index is 3.17. The van der Waals surface area contributed by atoms with E-state index in [4.69, 9.17) is 15.3 Å². The summed E-state index contributed by atoms with van der Waals surface area (Å²) in [6.07, 6.45) is 0. The number of aliphatic hydroxyl groups is 1. The summed E-state index contributed by atoms with van der Waals surface area (Å²) in [5, 5.41) is 26.1. The number of rotatable bonds is 1. The van der Waals surface area contributed by atoms with Crippen LogP contribution < -0.4 is 0 Å². The van der Waals surface area contributed by atoms with Crippen molar-refractivity contribution in [2.75, 3.05) is 0 Å². The summed E-state index contributed by atoms with van der Waals surface area (Å²) < 4.78 is 4.61. The molecule has 3 N–H and O–H groups in total. The van der Waals surface area contributed by atoms with Gasteiger partial charge in [-0.25, -0.2) is 0 Å². The van der Waals surface area contributed by atoms with Gasteiger partial charge in [0.25, 0.3) is 0 Å². The van der Waals surface area contributed by atoms with Gasteiger partial charge in [-0.3, -0.25) is 0 Å². The highest BCUT2D eigenvalue weighted by atomic mass is 32.1. The topological polar surface area (TPSA) is 73.8 Å². The molecule has 5 heteroatoms. The van der Waals surface area contributed by atoms with Crippen LogP contribution in [-0.2, 0) is 6.61 Å². The summed E-state index contributed by atoms with van der Waals surface area (Å²) >= 11 is 3.65. The van der Waals surface area contributed by atoms with E-state index in [0.717, 1.165) is 0 Å². The van der Waals surface area contributed by atoms with Crippen LogP contribution in [0, 0.1) is 0 Å². The second-order valence-corrected chi connectivity index (χ2v) is 2.09. The zero-order valence-electron chi connectivity index (χ0n) is 4.90. The molecule has 0 saturated heterocycles. The van der Waals surface area contributed by atoms with Crippen LogP contribution in [0.4, 0.5) is 0 Å². The Labute approximate surface area is 62.1 Å². The van der Waals surface area contributed by atoms with Crippen molar-refractivity contribution in [1.82, 2.24) is 0 Å². The van der Waals surface area contributed by atoms with Crippen molar-refractivity contribution >= 4 is 12.6 Å². The highest BCUT2D eigenvalue weighted by Crippen LogP contribution is 2.37. The maximum absolute atomic E-state index is 8.87. The Bertz CT molecular complexity index is 242. The van der Waals surface area contributed by atoms with Gasteiger partial charge in [-0.15, -0.1) is 12.6 Å². The number of hydrogen-bond acceptors (Lipinski definition) is 5. The molecule has 1 rings (SSSR count). The van der Waals surface area contributed by atoms with Crippen LogP contribution in [0.2, 0.25) is 0 Å². The smallest absolute Gasteiger partial charge is 0.211 e. The number of aliphatic hydroxyl groups excluding tert-OH is 1. The molecule has 0 aliphatic rings. The number of thiol groups is 1. The SMILES string of the molecule is OCc1oc(S)c(O)c1O. The monoisotopic (exact) mass is 162 g/mol. The van der Waals surface area contributed by atoms with Gasteiger partial charge in [-0.05, 0) is 0 Å². The van der Waals surface area contributed by atoms with Gasteiger partial charge in [0.05, 0.1) is 0 Å². The lowest BCUT2D eigenvalue weighted by molar-refractivity contribution is 0.230. The molecule has 0 bridgehead atoms. The van der Waals surface area contributed by atoms with Crippen molar-refractivity contribution in [3.8, 4) is 11.5 Å². The van der Waals surface area contributed by atoms with E-state index in [1.54, 1.807) is 0 Å². The molecule has 0 unspecified atom stereocenters. The lowest BCUT2D eigenvalue weighted by atomic mass is 10.4. The first-order valence-corrected chi connectivity index (χ1v) is 2.95. The Hall–Kier alpha value is -0.810. The van der Waals surface area contributed by atoms with Gasteiger partial charge < -0.3 is 19.7 Å². The minimum Gasteiger partial charge on any atom is -0.502 e. The minimum atomic E-state index is -0.458. The van der Waals surface area contributed by atoms with E-state index in [-0.39, 0.29) is 10.9 Å². The Kier molecular flexibility index (Phi) is 1.78. The molecule has 4 nitrogen and oxygen atoms in total. The second-order valence-electron chi connectivity index (χ2n) is 1.69. The summed E-state index contributed by atoms with van der Waals surface area (Å²) in [7, 11) is 0. The molecule has 0 aliphatic carbocycles. The Morgan fingerprint density at radius 2 is 1.90 bits per heavy atom. The van der Waals surface area contributed by atoms with E-state index in [9.17, 15) is 0 Å². The molecular weight excluding hydrogens is 156 g/mol. The molecular formula is C5H6O4S. The highest BCUT2D eigenvalue weighted by molar-refractivity contribution is 7.80. The van der Waals surface area contributed by atoms with Crippen molar-refractivity contribution in [3.05, 3.63) is 5.76 Å². The zero-order chi connectivity index (χ0) is 7.72. The van der Waals surface area contributed by atoms with Gasteiger partial charge >= 0.3 is 0 Å². The molecule has 0 aromatic carbocycles. The summed E-state index contributed by atoms with van der Waals surface area (Å²) in [5.41, 5.74) is 0. The quantitative estimate of drug-likeness (QED) is 0.453. The Morgan fingerprint density at radius 1 is 1.30 bits per heavy atom. The predicted octanol–water partition coefficient (Wildman–Crippen LogP) is 0.472. The van der Waals surface area contributed by atoms with Gasteiger partial charge in [0.1, 0.15) is 6.61 Å². The van der Waals surface area contributed by atoms with Gasteiger partial charge in [-0.1, -0.05) is 0 Å². The molecule has 56 valence electrons. The van der Waals surface area contributed by atoms with Gasteiger partial charge in [-0.2, -0.15) is 0 Å². The molecule has 0 spiro atoms. The standard InChI is InChI=1S/C5H6O4S/c6-1-2-3(7)4(8)5(10)9-2/h6-8,10H,1H2. The molecule has 0 atom stereocenters. The first-order valence-electron chi connectivity index (χ1n) is 2.50. The maximum Gasteiger partial charge on any atom is 0.211 e. The van der Waals surface area contributed by atoms with E-state index >= 15 is 0 Å². The van der Waals surface area contributed by atoms with Crippen molar-refractivity contribution in [2.24, 2.45) is 0 Å². The normalized spacial score (nSPS) is 10.2. The number of furan rings is 1. The molecule has 1 aromatic heterocycles. The van der Waals surface area contributed by atoms with Crippen molar-refractivity contribution in [3.63, 3.8) is 0 Å². The van der Waals surface area contributed by atoms with Crippen LogP contribution in [-0.4, -0.2) is 15.3 Å². The highest BCUT2D eigenvalue weighted by Gasteiger charge is 2.15. The van der Waals surface area contributed by atoms with Crippen LogP contribution in [0.1, 0.15) is 5.76 Å². The summed E-state index contributed by atoms with van der Waals surface area (Å²) in [6, 6.07) is 0. The van der Waals surface area contributed by atoms with E-state index in [0.29, 0.717) is 0 Å². The fourth-order valence-corrected chi connectivity index (χ4v) is 0.770. The van der Waals surface area contributed by atoms with Crippen LogP contribution in [0.25, 0.3) is 0 Å². The minimum absolute atomic E-state index is 0.0810. The zero-order valence-corrected chi connectivity index (χ0v) is 5.80. The third-order valence-electron chi connectivity index (χ3n) is 1.05. The maximum atomic E-state index is 8.87. The summed E-state index contributed by atoms with van der Waals surface area (Å²) in [6.45, 7) is -0.458. The molecule has 1 heterocycles. The van der Waals surface area contributed by atoms with Gasteiger partial charge in [0, 0.05) is 0 Å². The van der Waals surface area contributed by atoms with Crippen LogP contribution in [0.15, 0.2) is 9.51 Å². The van der Waals surface area contributed by atoms with Crippen LogP contribution in [0.3, 0.4) is 0 Å². The van der Waals surface area contributed by atoms with E-state index < -0.39 is 18.1 Å². The summed E-state index contributed by atoms with van der Waals surface area (Å²) in [4.78, 5) is 0. The van der Waals surface area contributed by atoms with Crippen LogP contribution >= 0.6 is 12.6 Å². The second kappa shape index (κ2) is 2.43. The van der Waals surface area contributed by atoms with Gasteiger partial charge in [0.2, 0.25) is 16.6 Å². The van der Waals surface area contributed by atoms with Gasteiger partial charge in [0.15, 0.2) is 5.76 Å². The average Bonchev–Trinajstić information content (AvgIpc) is 2.17. The molecule has 0 radical (unpaired) electrons.